The second kappa shape index (κ2) is 8.25. The lowest BCUT2D eigenvalue weighted by Gasteiger charge is -2.40. The van der Waals surface area contributed by atoms with Crippen LogP contribution in [0.15, 0.2) is 24.3 Å². The highest BCUT2D eigenvalue weighted by Crippen LogP contribution is 2.23. The monoisotopic (exact) mass is 399 g/mol. The van der Waals surface area contributed by atoms with Crippen molar-refractivity contribution in [1.29, 1.82) is 0 Å². The second-order valence-corrected chi connectivity index (χ2v) is 9.30. The highest BCUT2D eigenvalue weighted by Gasteiger charge is 2.36. The number of amides is 1. The highest BCUT2D eigenvalue weighted by molar-refractivity contribution is 7.86. The summed E-state index contributed by atoms with van der Waals surface area (Å²) in [5.41, 5.74) is 0.802. The highest BCUT2D eigenvalue weighted by atomic mass is 35.5. The Labute approximate surface area is 160 Å². The molecule has 0 radical (unpaired) electrons. The summed E-state index contributed by atoms with van der Waals surface area (Å²) in [4.78, 5) is 14.2. The molecule has 1 aromatic carbocycles. The van der Waals surface area contributed by atoms with Crippen molar-refractivity contribution >= 4 is 27.7 Å². The third kappa shape index (κ3) is 4.22. The number of piperidine rings is 1. The molecule has 26 heavy (non-hydrogen) atoms. The van der Waals surface area contributed by atoms with Crippen molar-refractivity contribution in [2.45, 2.75) is 38.6 Å². The molecule has 1 atom stereocenters. The molecule has 2 fully saturated rings. The molecule has 1 amide bonds. The molecule has 1 aromatic rings. The molecule has 2 aliphatic heterocycles. The van der Waals surface area contributed by atoms with Gasteiger partial charge in [-0.2, -0.15) is 17.0 Å². The van der Waals surface area contributed by atoms with E-state index < -0.39 is 10.2 Å². The molecule has 3 rings (SSSR count). The predicted octanol–water partition coefficient (Wildman–Crippen LogP) is 2.15. The molecule has 0 aromatic heterocycles. The fourth-order valence-electron chi connectivity index (χ4n) is 3.65. The third-order valence-corrected chi connectivity index (χ3v) is 7.78. The van der Waals surface area contributed by atoms with Crippen LogP contribution in [-0.2, 0) is 21.4 Å². The van der Waals surface area contributed by atoms with Crippen LogP contribution in [0.25, 0.3) is 0 Å². The molecule has 0 bridgehead atoms. The number of benzene rings is 1. The van der Waals surface area contributed by atoms with Gasteiger partial charge in [0.1, 0.15) is 0 Å². The molecule has 144 valence electrons. The summed E-state index contributed by atoms with van der Waals surface area (Å²) in [7, 11) is -3.44. The lowest BCUT2D eigenvalue weighted by molar-refractivity contribution is -0.131. The molecule has 0 aliphatic carbocycles. The first kappa shape index (κ1) is 19.6. The van der Waals surface area contributed by atoms with Crippen LogP contribution in [0, 0.1) is 0 Å². The first-order valence-electron chi connectivity index (χ1n) is 9.17. The second-order valence-electron chi connectivity index (χ2n) is 7.01. The lowest BCUT2D eigenvalue weighted by atomic mass is 10.1. The Morgan fingerprint density at radius 3 is 2.46 bits per heavy atom. The molecule has 1 unspecified atom stereocenters. The minimum atomic E-state index is -3.44. The van der Waals surface area contributed by atoms with Crippen LogP contribution in [0.2, 0.25) is 5.02 Å². The number of halogens is 1. The predicted molar refractivity (Wildman–Crippen MR) is 102 cm³/mol. The fourth-order valence-corrected chi connectivity index (χ4v) is 5.69. The number of nitrogens with zero attached hydrogens (tertiary/aromatic N) is 3. The van der Waals surface area contributed by atoms with E-state index in [0.29, 0.717) is 37.7 Å². The van der Waals surface area contributed by atoms with E-state index in [1.54, 1.807) is 15.3 Å². The van der Waals surface area contributed by atoms with Crippen molar-refractivity contribution in [1.82, 2.24) is 13.5 Å². The summed E-state index contributed by atoms with van der Waals surface area (Å²) in [5.74, 6) is -0.0125. The van der Waals surface area contributed by atoms with Gasteiger partial charge in [0, 0.05) is 43.8 Å². The number of hydrogen-bond acceptors (Lipinski definition) is 3. The quantitative estimate of drug-likeness (QED) is 0.779. The van der Waals surface area contributed by atoms with Gasteiger partial charge in [0.15, 0.2) is 0 Å². The van der Waals surface area contributed by atoms with Gasteiger partial charge in [-0.05, 0) is 31.4 Å². The van der Waals surface area contributed by atoms with E-state index in [9.17, 15) is 13.2 Å². The molecule has 0 saturated carbocycles. The van der Waals surface area contributed by atoms with Gasteiger partial charge in [0.25, 0.3) is 10.2 Å². The average molecular weight is 400 g/mol. The van der Waals surface area contributed by atoms with Crippen LogP contribution >= 0.6 is 11.6 Å². The summed E-state index contributed by atoms with van der Waals surface area (Å²) in [6, 6.07) is 7.36. The standard InChI is InChI=1S/C18H26ClN3O3S/c1-15-6-4-5-9-22(15)26(24,25)21-12-10-20(11-13-21)18(23)14-16-7-2-3-8-17(16)19/h2-3,7-8,15H,4-6,9-14H2,1H3. The zero-order valence-electron chi connectivity index (χ0n) is 15.1. The van der Waals surface area contributed by atoms with Crippen LogP contribution in [0.4, 0.5) is 0 Å². The van der Waals surface area contributed by atoms with Crippen molar-refractivity contribution in [2.24, 2.45) is 0 Å². The Morgan fingerprint density at radius 1 is 1.12 bits per heavy atom. The van der Waals surface area contributed by atoms with Crippen LogP contribution in [0.3, 0.4) is 0 Å². The Morgan fingerprint density at radius 2 is 1.81 bits per heavy atom. The van der Waals surface area contributed by atoms with E-state index in [1.165, 1.54) is 4.31 Å². The Kier molecular flexibility index (Phi) is 6.22. The lowest BCUT2D eigenvalue weighted by Crippen LogP contribution is -2.56. The van der Waals surface area contributed by atoms with Gasteiger partial charge in [0.2, 0.25) is 5.91 Å². The molecule has 2 saturated heterocycles. The molecular weight excluding hydrogens is 374 g/mol. The van der Waals surface area contributed by atoms with Gasteiger partial charge in [0.05, 0.1) is 6.42 Å². The number of hydrogen-bond donors (Lipinski definition) is 0. The topological polar surface area (TPSA) is 60.9 Å². The van der Waals surface area contributed by atoms with Gasteiger partial charge in [-0.3, -0.25) is 4.79 Å². The molecular formula is C18H26ClN3O3S. The zero-order valence-corrected chi connectivity index (χ0v) is 16.7. The molecule has 0 N–H and O–H groups in total. The zero-order chi connectivity index (χ0) is 18.7. The maximum Gasteiger partial charge on any atom is 0.282 e. The minimum Gasteiger partial charge on any atom is -0.340 e. The van der Waals surface area contributed by atoms with Gasteiger partial charge in [-0.15, -0.1) is 0 Å². The maximum absolute atomic E-state index is 12.9. The third-order valence-electron chi connectivity index (χ3n) is 5.26. The van der Waals surface area contributed by atoms with E-state index in [-0.39, 0.29) is 18.4 Å². The molecule has 2 heterocycles. The van der Waals surface area contributed by atoms with Gasteiger partial charge < -0.3 is 4.90 Å². The SMILES string of the molecule is CC1CCCCN1S(=O)(=O)N1CCN(C(=O)Cc2ccccc2Cl)CC1. The number of rotatable bonds is 4. The molecule has 6 nitrogen and oxygen atoms in total. The van der Waals surface area contributed by atoms with Gasteiger partial charge >= 0.3 is 0 Å². The Bertz CT molecular complexity index is 748. The number of carbonyl (C=O) groups excluding carboxylic acids is 1. The van der Waals surface area contributed by atoms with Crippen molar-refractivity contribution in [3.8, 4) is 0 Å². The smallest absolute Gasteiger partial charge is 0.282 e. The fraction of sp³-hybridized carbons (Fsp3) is 0.611. The van der Waals surface area contributed by atoms with E-state index >= 15 is 0 Å². The number of carbonyl (C=O) groups is 1. The van der Waals surface area contributed by atoms with E-state index in [2.05, 4.69) is 0 Å². The normalized spacial score (nSPS) is 23.2. The average Bonchev–Trinajstić information content (AvgIpc) is 2.64. The first-order valence-corrected chi connectivity index (χ1v) is 10.9. The van der Waals surface area contributed by atoms with Gasteiger partial charge in [-0.25, -0.2) is 0 Å². The largest absolute Gasteiger partial charge is 0.340 e. The maximum atomic E-state index is 12.9. The van der Waals surface area contributed by atoms with Crippen molar-refractivity contribution in [2.75, 3.05) is 32.7 Å². The summed E-state index contributed by atoms with van der Waals surface area (Å²) < 4.78 is 28.9. The number of piperazine rings is 1. The Hall–Kier alpha value is -1.15. The summed E-state index contributed by atoms with van der Waals surface area (Å²) in [5, 5.41) is 0.584. The van der Waals surface area contributed by atoms with Crippen LogP contribution < -0.4 is 0 Å². The molecule has 0 spiro atoms. The van der Waals surface area contributed by atoms with Gasteiger partial charge in [-0.1, -0.05) is 36.2 Å². The van der Waals surface area contributed by atoms with Crippen molar-refractivity contribution < 1.29 is 13.2 Å². The van der Waals surface area contributed by atoms with Crippen LogP contribution in [0.1, 0.15) is 31.7 Å². The van der Waals surface area contributed by atoms with Crippen LogP contribution in [0.5, 0.6) is 0 Å². The summed E-state index contributed by atoms with van der Waals surface area (Å²) in [6.45, 7) is 4.10. The Balaban J connectivity index is 1.58. The van der Waals surface area contributed by atoms with E-state index in [4.69, 9.17) is 11.6 Å². The minimum absolute atomic E-state index is 0.0125. The van der Waals surface area contributed by atoms with Crippen molar-refractivity contribution in [3.05, 3.63) is 34.9 Å². The first-order chi connectivity index (χ1) is 12.4. The summed E-state index contributed by atoms with van der Waals surface area (Å²) in [6.07, 6.45) is 3.16. The van der Waals surface area contributed by atoms with E-state index in [0.717, 1.165) is 24.8 Å². The molecule has 8 heteroatoms. The van der Waals surface area contributed by atoms with Crippen molar-refractivity contribution in [3.63, 3.8) is 0 Å². The van der Waals surface area contributed by atoms with Crippen LogP contribution in [-0.4, -0.2) is 66.6 Å². The van der Waals surface area contributed by atoms with E-state index in [1.807, 2.05) is 25.1 Å². The molecule has 2 aliphatic rings. The summed E-state index contributed by atoms with van der Waals surface area (Å²) >= 11 is 6.13.